The molecule has 0 amide bonds. The van der Waals surface area contributed by atoms with E-state index in [9.17, 15) is 19.0 Å². The van der Waals surface area contributed by atoms with Gasteiger partial charge in [0.25, 0.3) is 7.82 Å². The minimum Gasteiger partial charge on any atom is -0.756 e. The van der Waals surface area contributed by atoms with Crippen LogP contribution < -0.4 is 4.89 Å². The Hall–Kier alpha value is -1.77. The lowest BCUT2D eigenvalue weighted by molar-refractivity contribution is -0.870. The van der Waals surface area contributed by atoms with Crippen LogP contribution in [-0.4, -0.2) is 70.0 Å². The Balaban J connectivity index is 4.51. The molecule has 0 heterocycles. The summed E-state index contributed by atoms with van der Waals surface area (Å²) in [4.78, 5) is 37.3. The van der Waals surface area contributed by atoms with Crippen LogP contribution in [0.1, 0.15) is 155 Å². The molecule has 0 fully saturated rings. The molecular weight excluding hydrogens is 653 g/mol. The molecule has 10 heteroatoms. The molecule has 0 N–H and O–H groups in total. The summed E-state index contributed by atoms with van der Waals surface area (Å²) in [6.45, 7) is 4.13. The van der Waals surface area contributed by atoms with E-state index in [0.29, 0.717) is 17.4 Å². The Morgan fingerprint density at radius 2 is 1.08 bits per heavy atom. The van der Waals surface area contributed by atoms with Gasteiger partial charge in [0.15, 0.2) is 6.10 Å². The number of esters is 2. The first-order valence-corrected chi connectivity index (χ1v) is 21.2. The summed E-state index contributed by atoms with van der Waals surface area (Å²) >= 11 is 0. The van der Waals surface area contributed by atoms with Gasteiger partial charge in [0.1, 0.15) is 19.8 Å². The Morgan fingerprint density at radius 3 is 1.64 bits per heavy atom. The van der Waals surface area contributed by atoms with E-state index >= 15 is 0 Å². The highest BCUT2D eigenvalue weighted by molar-refractivity contribution is 7.45. The lowest BCUT2D eigenvalue weighted by Gasteiger charge is -2.28. The average Bonchev–Trinajstić information content (AvgIpc) is 3.06. The molecular formula is C40H74NO8P. The van der Waals surface area contributed by atoms with E-state index in [0.717, 1.165) is 51.4 Å². The van der Waals surface area contributed by atoms with Crippen molar-refractivity contribution in [1.82, 2.24) is 0 Å². The summed E-state index contributed by atoms with van der Waals surface area (Å²) in [6, 6.07) is 0. The summed E-state index contributed by atoms with van der Waals surface area (Å²) in [7, 11) is 1.14. The maximum absolute atomic E-state index is 12.6. The Bertz CT molecular complexity index is 959. The number of rotatable bonds is 35. The van der Waals surface area contributed by atoms with E-state index in [2.05, 4.69) is 50.3 Å². The quantitative estimate of drug-likeness (QED) is 0.0209. The number of quaternary nitrogens is 1. The summed E-state index contributed by atoms with van der Waals surface area (Å²) in [5.74, 6) is -0.881. The van der Waals surface area contributed by atoms with E-state index in [1.807, 2.05) is 21.1 Å². The molecule has 292 valence electrons. The lowest BCUT2D eigenvalue weighted by Crippen LogP contribution is -2.37. The fraction of sp³-hybridized carbons (Fsp3) is 0.800. The zero-order valence-electron chi connectivity index (χ0n) is 32.6. The normalized spacial score (nSPS) is 14.1. The maximum Gasteiger partial charge on any atom is 0.306 e. The largest absolute Gasteiger partial charge is 0.756 e. The SMILES string of the molecule is CCCCC/C=C/C/C=C/C/C=C/CCCCC(=O)O[C@H](COC(=O)CCCCCCCCCCCCC)COP(=O)([O-])OCC[N+](C)(C)C. The van der Waals surface area contributed by atoms with Crippen molar-refractivity contribution in [2.45, 2.75) is 161 Å². The second kappa shape index (κ2) is 33.1. The van der Waals surface area contributed by atoms with Crippen LogP contribution in [0.25, 0.3) is 0 Å². The molecule has 1 unspecified atom stereocenters. The van der Waals surface area contributed by atoms with E-state index in [1.54, 1.807) is 0 Å². The number of hydrogen-bond donors (Lipinski definition) is 0. The molecule has 9 nitrogen and oxygen atoms in total. The van der Waals surface area contributed by atoms with Gasteiger partial charge in [-0.15, -0.1) is 0 Å². The smallest absolute Gasteiger partial charge is 0.306 e. The number of carbonyl (C=O) groups excluding carboxylic acids is 2. The summed E-state index contributed by atoms with van der Waals surface area (Å²) in [6.07, 6.45) is 34.6. The third-order valence-electron chi connectivity index (χ3n) is 8.16. The Morgan fingerprint density at radius 1 is 0.620 bits per heavy atom. The number of carbonyl (C=O) groups is 2. The van der Waals surface area contributed by atoms with Crippen molar-refractivity contribution in [3.63, 3.8) is 0 Å². The minimum atomic E-state index is -4.63. The van der Waals surface area contributed by atoms with Crippen molar-refractivity contribution >= 4 is 19.8 Å². The second-order valence-corrected chi connectivity index (χ2v) is 15.7. The molecule has 0 saturated heterocycles. The molecule has 0 aliphatic carbocycles. The Kier molecular flexibility index (Phi) is 31.9. The number of hydrogen-bond acceptors (Lipinski definition) is 8. The molecule has 0 aliphatic heterocycles. The zero-order valence-corrected chi connectivity index (χ0v) is 33.5. The first-order valence-electron chi connectivity index (χ1n) is 19.7. The molecule has 0 aromatic carbocycles. The zero-order chi connectivity index (χ0) is 37.2. The third-order valence-corrected chi connectivity index (χ3v) is 9.13. The molecule has 0 aromatic heterocycles. The van der Waals surface area contributed by atoms with Crippen LogP contribution in [-0.2, 0) is 32.7 Å². The summed E-state index contributed by atoms with van der Waals surface area (Å²) in [5, 5.41) is 0. The summed E-state index contributed by atoms with van der Waals surface area (Å²) in [5.41, 5.74) is 0. The number of likely N-dealkylation sites (N-methyl/N-ethyl adjacent to an activating group) is 1. The van der Waals surface area contributed by atoms with Crippen LogP contribution in [0.2, 0.25) is 0 Å². The number of nitrogens with zero attached hydrogens (tertiary/aromatic N) is 1. The van der Waals surface area contributed by atoms with Gasteiger partial charge in [-0.05, 0) is 51.4 Å². The van der Waals surface area contributed by atoms with Crippen LogP contribution in [0.4, 0.5) is 0 Å². The van der Waals surface area contributed by atoms with E-state index in [1.165, 1.54) is 70.6 Å². The van der Waals surface area contributed by atoms with Crippen molar-refractivity contribution in [2.75, 3.05) is 47.5 Å². The molecule has 0 aromatic rings. The van der Waals surface area contributed by atoms with Crippen molar-refractivity contribution < 1.29 is 42.1 Å². The second-order valence-electron chi connectivity index (χ2n) is 14.3. The van der Waals surface area contributed by atoms with Gasteiger partial charge in [-0.2, -0.15) is 0 Å². The van der Waals surface area contributed by atoms with Crippen LogP contribution in [0.5, 0.6) is 0 Å². The van der Waals surface area contributed by atoms with Crippen LogP contribution in [0, 0.1) is 0 Å². The van der Waals surface area contributed by atoms with Gasteiger partial charge in [-0.3, -0.25) is 14.2 Å². The Labute approximate surface area is 306 Å². The van der Waals surface area contributed by atoms with Crippen LogP contribution >= 0.6 is 7.82 Å². The highest BCUT2D eigenvalue weighted by Gasteiger charge is 2.21. The van der Waals surface area contributed by atoms with Gasteiger partial charge in [-0.25, -0.2) is 0 Å². The van der Waals surface area contributed by atoms with Crippen LogP contribution in [0.3, 0.4) is 0 Å². The summed E-state index contributed by atoms with van der Waals surface area (Å²) < 4.78 is 33.7. The molecule has 0 radical (unpaired) electrons. The molecule has 0 aliphatic rings. The van der Waals surface area contributed by atoms with Gasteiger partial charge >= 0.3 is 11.9 Å². The number of ether oxygens (including phenoxy) is 2. The van der Waals surface area contributed by atoms with E-state index in [-0.39, 0.29) is 26.1 Å². The van der Waals surface area contributed by atoms with Crippen molar-refractivity contribution in [3.05, 3.63) is 36.5 Å². The van der Waals surface area contributed by atoms with Gasteiger partial charge < -0.3 is 27.9 Å². The molecule has 2 atom stereocenters. The monoisotopic (exact) mass is 728 g/mol. The molecule has 0 rings (SSSR count). The molecule has 0 spiro atoms. The van der Waals surface area contributed by atoms with Gasteiger partial charge in [0.2, 0.25) is 0 Å². The average molecular weight is 728 g/mol. The first kappa shape index (κ1) is 48.2. The molecule has 0 saturated carbocycles. The standard InChI is InChI=1S/C40H74NO8P/c1-6-8-10-12-14-16-18-19-20-21-23-25-27-29-31-33-40(43)49-38(37-48-50(44,45)47-35-34-41(3,4)5)36-46-39(42)32-30-28-26-24-22-17-15-13-11-9-7-2/h14,16,19-20,23,25,38H,6-13,15,17-18,21-22,24,26-37H2,1-5H3/b16-14+,20-19+,25-23+/t38-/m1/s1. The van der Waals surface area contributed by atoms with Crippen molar-refractivity contribution in [2.24, 2.45) is 0 Å². The van der Waals surface area contributed by atoms with Crippen LogP contribution in [0.15, 0.2) is 36.5 Å². The van der Waals surface area contributed by atoms with Crippen molar-refractivity contribution in [3.8, 4) is 0 Å². The number of unbranched alkanes of at least 4 members (excludes halogenated alkanes) is 15. The first-order chi connectivity index (χ1) is 24.0. The number of phosphoric acid groups is 1. The van der Waals surface area contributed by atoms with Gasteiger partial charge in [0, 0.05) is 12.8 Å². The van der Waals surface area contributed by atoms with E-state index in [4.69, 9.17) is 18.5 Å². The highest BCUT2D eigenvalue weighted by Crippen LogP contribution is 2.38. The maximum atomic E-state index is 12.6. The predicted octanol–water partition coefficient (Wildman–Crippen LogP) is 9.94. The fourth-order valence-electron chi connectivity index (χ4n) is 5.01. The number of phosphoric ester groups is 1. The van der Waals surface area contributed by atoms with E-state index < -0.39 is 32.5 Å². The topological polar surface area (TPSA) is 111 Å². The molecule has 0 bridgehead atoms. The van der Waals surface area contributed by atoms with Gasteiger partial charge in [0.05, 0.1) is 27.7 Å². The molecule has 50 heavy (non-hydrogen) atoms. The predicted molar refractivity (Wildman–Crippen MR) is 204 cm³/mol. The lowest BCUT2D eigenvalue weighted by atomic mass is 10.1. The number of allylic oxidation sites excluding steroid dienone is 6. The third kappa shape index (κ3) is 36.0. The van der Waals surface area contributed by atoms with Gasteiger partial charge in [-0.1, -0.05) is 127 Å². The minimum absolute atomic E-state index is 0.0378. The van der Waals surface area contributed by atoms with Crippen molar-refractivity contribution in [1.29, 1.82) is 0 Å². The highest BCUT2D eigenvalue weighted by atomic mass is 31.2. The fourth-order valence-corrected chi connectivity index (χ4v) is 5.74.